The van der Waals surface area contributed by atoms with Crippen LogP contribution in [0.5, 0.6) is 0 Å². The highest BCUT2D eigenvalue weighted by Crippen LogP contribution is 2.11. The minimum absolute atomic E-state index is 0.000902. The third-order valence-electron chi connectivity index (χ3n) is 3.88. The normalized spacial score (nSPS) is 13.5. The number of rotatable bonds is 9. The molecule has 9 nitrogen and oxygen atoms in total. The average molecular weight is 453 g/mol. The first-order chi connectivity index (χ1) is 14.8. The summed E-state index contributed by atoms with van der Waals surface area (Å²) < 4.78 is 15.6. The zero-order valence-corrected chi connectivity index (χ0v) is 19.8. The van der Waals surface area contributed by atoms with Gasteiger partial charge in [0.1, 0.15) is 17.8 Å². The highest BCUT2D eigenvalue weighted by atomic mass is 16.6. The summed E-state index contributed by atoms with van der Waals surface area (Å²) in [4.78, 5) is 36.5. The lowest BCUT2D eigenvalue weighted by atomic mass is 10.1. The standard InChI is InChI=1S/C23H36N2O7/c1-22(2,3)31-20(28)24-14-10-13-17(26)18(25-21(29)32-23(4,5)6)19(27)30-15-16-11-8-7-9-12-16/h7-9,11-12,17-18,26H,10,13-15H2,1-6H3,(H,24,28)(H,25,29)/t17-,18-/m0/s1. The molecule has 0 fully saturated rings. The first kappa shape index (κ1) is 27.2. The summed E-state index contributed by atoms with van der Waals surface area (Å²) in [6.45, 7) is 10.6. The summed E-state index contributed by atoms with van der Waals surface area (Å²) in [5, 5.41) is 15.5. The van der Waals surface area contributed by atoms with Gasteiger partial charge >= 0.3 is 18.2 Å². The molecule has 1 aromatic carbocycles. The Hall–Kier alpha value is -2.81. The van der Waals surface area contributed by atoms with Crippen LogP contribution in [0.25, 0.3) is 0 Å². The zero-order valence-electron chi connectivity index (χ0n) is 19.8. The Bertz CT molecular complexity index is 739. The minimum Gasteiger partial charge on any atom is -0.459 e. The van der Waals surface area contributed by atoms with Crippen LogP contribution in [-0.2, 0) is 25.6 Å². The molecule has 0 radical (unpaired) electrons. The molecule has 2 amide bonds. The summed E-state index contributed by atoms with van der Waals surface area (Å²) >= 11 is 0. The molecule has 0 heterocycles. The highest BCUT2D eigenvalue weighted by Gasteiger charge is 2.31. The molecular weight excluding hydrogens is 416 g/mol. The molecule has 0 aliphatic carbocycles. The molecule has 2 atom stereocenters. The van der Waals surface area contributed by atoms with E-state index in [9.17, 15) is 19.5 Å². The lowest BCUT2D eigenvalue weighted by Crippen LogP contribution is -2.51. The van der Waals surface area contributed by atoms with Crippen LogP contribution in [0, 0.1) is 0 Å². The second-order valence-electron chi connectivity index (χ2n) is 9.36. The number of benzene rings is 1. The molecule has 9 heteroatoms. The maximum Gasteiger partial charge on any atom is 0.408 e. The van der Waals surface area contributed by atoms with Gasteiger partial charge in [0.25, 0.3) is 0 Å². The number of ether oxygens (including phenoxy) is 3. The van der Waals surface area contributed by atoms with E-state index in [1.165, 1.54) is 0 Å². The van der Waals surface area contributed by atoms with E-state index in [2.05, 4.69) is 10.6 Å². The number of nitrogens with one attached hydrogen (secondary N) is 2. The predicted molar refractivity (Wildman–Crippen MR) is 119 cm³/mol. The maximum absolute atomic E-state index is 12.6. The van der Waals surface area contributed by atoms with Gasteiger partial charge in [-0.3, -0.25) is 0 Å². The third-order valence-corrected chi connectivity index (χ3v) is 3.88. The largest absolute Gasteiger partial charge is 0.459 e. The lowest BCUT2D eigenvalue weighted by molar-refractivity contribution is -0.150. The van der Waals surface area contributed by atoms with Crippen LogP contribution in [0.15, 0.2) is 30.3 Å². The monoisotopic (exact) mass is 452 g/mol. The Labute approximate surface area is 189 Å². The quantitative estimate of drug-likeness (QED) is 0.298. The SMILES string of the molecule is CC(C)(C)OC(=O)NCCC[C@H](O)[C@H](NC(=O)OC(C)(C)C)C(=O)OCc1ccccc1. The van der Waals surface area contributed by atoms with Gasteiger partial charge in [-0.2, -0.15) is 0 Å². The molecule has 0 saturated carbocycles. The fourth-order valence-electron chi connectivity index (χ4n) is 2.55. The number of alkyl carbamates (subject to hydrolysis) is 2. The van der Waals surface area contributed by atoms with Crippen molar-refractivity contribution in [2.24, 2.45) is 0 Å². The minimum atomic E-state index is -1.32. The van der Waals surface area contributed by atoms with Crippen LogP contribution < -0.4 is 10.6 Å². The van der Waals surface area contributed by atoms with Gasteiger partial charge in [0.15, 0.2) is 6.04 Å². The number of esters is 1. The first-order valence-electron chi connectivity index (χ1n) is 10.6. The molecule has 0 aliphatic heterocycles. The van der Waals surface area contributed by atoms with Gasteiger partial charge in [0.05, 0.1) is 6.10 Å². The van der Waals surface area contributed by atoms with Crippen LogP contribution in [0.4, 0.5) is 9.59 Å². The van der Waals surface area contributed by atoms with E-state index in [0.29, 0.717) is 6.42 Å². The van der Waals surface area contributed by atoms with E-state index in [1.807, 2.05) is 18.2 Å². The molecule has 0 bridgehead atoms. The molecule has 1 aromatic rings. The van der Waals surface area contributed by atoms with Gasteiger partial charge in [0.2, 0.25) is 0 Å². The second kappa shape index (κ2) is 12.3. The molecule has 3 N–H and O–H groups in total. The van der Waals surface area contributed by atoms with E-state index < -0.39 is 41.5 Å². The van der Waals surface area contributed by atoms with E-state index in [0.717, 1.165) is 5.56 Å². The molecule has 180 valence electrons. The van der Waals surface area contributed by atoms with Gasteiger partial charge < -0.3 is 30.0 Å². The summed E-state index contributed by atoms with van der Waals surface area (Å²) in [5.41, 5.74) is -0.618. The van der Waals surface area contributed by atoms with E-state index in [1.54, 1.807) is 53.7 Å². The van der Waals surface area contributed by atoms with Crippen LogP contribution in [0.1, 0.15) is 59.9 Å². The second-order valence-corrected chi connectivity index (χ2v) is 9.36. The third kappa shape index (κ3) is 12.1. The lowest BCUT2D eigenvalue weighted by Gasteiger charge is -2.25. The van der Waals surface area contributed by atoms with Crippen LogP contribution in [0.2, 0.25) is 0 Å². The van der Waals surface area contributed by atoms with Crippen molar-refractivity contribution in [2.45, 2.75) is 84.3 Å². The number of aliphatic hydroxyl groups is 1. The van der Waals surface area contributed by atoms with Gasteiger partial charge in [-0.25, -0.2) is 14.4 Å². The Morgan fingerprint density at radius 3 is 2.06 bits per heavy atom. The van der Waals surface area contributed by atoms with E-state index >= 15 is 0 Å². The zero-order chi connectivity index (χ0) is 24.4. The Morgan fingerprint density at radius 2 is 1.50 bits per heavy atom. The summed E-state index contributed by atoms with van der Waals surface area (Å²) in [6, 6.07) is 7.73. The number of carbonyl (C=O) groups excluding carboxylic acids is 3. The van der Waals surface area contributed by atoms with Crippen molar-refractivity contribution in [2.75, 3.05) is 6.54 Å². The summed E-state index contributed by atoms with van der Waals surface area (Å²) in [7, 11) is 0. The first-order valence-corrected chi connectivity index (χ1v) is 10.6. The van der Waals surface area contributed by atoms with Gasteiger partial charge in [-0.15, -0.1) is 0 Å². The highest BCUT2D eigenvalue weighted by molar-refractivity contribution is 5.82. The summed E-state index contributed by atoms with van der Waals surface area (Å²) in [6.07, 6.45) is -2.19. The number of hydrogen-bond donors (Lipinski definition) is 3. The molecule has 0 spiro atoms. The van der Waals surface area contributed by atoms with Crippen molar-refractivity contribution in [3.8, 4) is 0 Å². The van der Waals surface area contributed by atoms with Gasteiger partial charge in [-0.1, -0.05) is 30.3 Å². The van der Waals surface area contributed by atoms with Crippen molar-refractivity contribution in [1.82, 2.24) is 10.6 Å². The van der Waals surface area contributed by atoms with Crippen LogP contribution in [-0.4, -0.2) is 53.2 Å². The molecule has 0 saturated heterocycles. The van der Waals surface area contributed by atoms with Gasteiger partial charge in [0, 0.05) is 6.54 Å². The molecular formula is C23H36N2O7. The maximum atomic E-state index is 12.6. The number of hydrogen-bond acceptors (Lipinski definition) is 7. The summed E-state index contributed by atoms with van der Waals surface area (Å²) in [5.74, 6) is -0.785. The molecule has 32 heavy (non-hydrogen) atoms. The van der Waals surface area contributed by atoms with Crippen molar-refractivity contribution >= 4 is 18.2 Å². The smallest absolute Gasteiger partial charge is 0.408 e. The Balaban J connectivity index is 2.66. The fraction of sp³-hybridized carbons (Fsp3) is 0.609. The van der Waals surface area contributed by atoms with Crippen molar-refractivity contribution < 1.29 is 33.7 Å². The molecule has 1 rings (SSSR count). The fourth-order valence-corrected chi connectivity index (χ4v) is 2.55. The van der Waals surface area contributed by atoms with E-state index in [-0.39, 0.29) is 19.6 Å². The van der Waals surface area contributed by atoms with E-state index in [4.69, 9.17) is 14.2 Å². The van der Waals surface area contributed by atoms with Crippen LogP contribution >= 0.6 is 0 Å². The molecule has 0 aliphatic rings. The Morgan fingerprint density at radius 1 is 0.938 bits per heavy atom. The van der Waals surface area contributed by atoms with Gasteiger partial charge in [-0.05, 0) is 59.9 Å². The number of carbonyl (C=O) groups is 3. The molecule has 0 aromatic heterocycles. The average Bonchev–Trinajstić information content (AvgIpc) is 2.65. The molecule has 0 unspecified atom stereocenters. The Kier molecular flexibility index (Phi) is 10.5. The predicted octanol–water partition coefficient (Wildman–Crippen LogP) is 3.29. The van der Waals surface area contributed by atoms with Crippen molar-refractivity contribution in [3.05, 3.63) is 35.9 Å². The number of aliphatic hydroxyl groups excluding tert-OH is 1. The number of amides is 2. The van der Waals surface area contributed by atoms with Crippen LogP contribution in [0.3, 0.4) is 0 Å². The van der Waals surface area contributed by atoms with Crippen molar-refractivity contribution in [1.29, 1.82) is 0 Å². The van der Waals surface area contributed by atoms with Crippen molar-refractivity contribution in [3.63, 3.8) is 0 Å². The topological polar surface area (TPSA) is 123 Å².